The minimum atomic E-state index is -4.57. The van der Waals surface area contributed by atoms with Crippen molar-refractivity contribution >= 4 is 5.91 Å². The van der Waals surface area contributed by atoms with Crippen molar-refractivity contribution in [3.8, 4) is 5.75 Å². The summed E-state index contributed by atoms with van der Waals surface area (Å²) in [6.07, 6.45) is -3.13. The summed E-state index contributed by atoms with van der Waals surface area (Å²) >= 11 is 0. The van der Waals surface area contributed by atoms with E-state index in [1.54, 1.807) is 0 Å². The normalized spacial score (nSPS) is 25.2. The van der Waals surface area contributed by atoms with E-state index in [1.165, 1.54) is 7.05 Å². The second-order valence-electron chi connectivity index (χ2n) is 5.58. The van der Waals surface area contributed by atoms with Crippen molar-refractivity contribution in [3.63, 3.8) is 0 Å². The molecule has 0 radical (unpaired) electrons. The second kappa shape index (κ2) is 5.77. The number of alkyl halides is 3. The molecule has 1 fully saturated rings. The van der Waals surface area contributed by atoms with Gasteiger partial charge in [-0.2, -0.15) is 13.2 Å². The Morgan fingerprint density at radius 2 is 2.18 bits per heavy atom. The van der Waals surface area contributed by atoms with Crippen LogP contribution in [0.15, 0.2) is 18.2 Å². The van der Waals surface area contributed by atoms with Gasteiger partial charge in [0.2, 0.25) is 0 Å². The van der Waals surface area contributed by atoms with Crippen LogP contribution in [-0.4, -0.2) is 36.8 Å². The van der Waals surface area contributed by atoms with E-state index >= 15 is 0 Å². The van der Waals surface area contributed by atoms with Gasteiger partial charge in [-0.3, -0.25) is 4.79 Å². The molecule has 0 spiro atoms. The van der Waals surface area contributed by atoms with Gasteiger partial charge in [0.1, 0.15) is 18.4 Å². The first-order chi connectivity index (χ1) is 10.1. The van der Waals surface area contributed by atoms with Crippen LogP contribution in [0.2, 0.25) is 0 Å². The van der Waals surface area contributed by atoms with Crippen molar-refractivity contribution in [3.05, 3.63) is 34.5 Å². The number of rotatable bonds is 4. The van der Waals surface area contributed by atoms with Crippen LogP contribution < -0.4 is 10.5 Å². The lowest BCUT2D eigenvalue weighted by Crippen LogP contribution is -2.45. The minimum absolute atomic E-state index is 0.0334. The molecule has 1 aromatic rings. The smallest absolute Gasteiger partial charge is 0.416 e. The van der Waals surface area contributed by atoms with Gasteiger partial charge in [-0.25, -0.2) is 0 Å². The summed E-state index contributed by atoms with van der Waals surface area (Å²) in [5.41, 5.74) is 3.80. The summed E-state index contributed by atoms with van der Waals surface area (Å²) in [6.45, 7) is 0.509. The third-order valence-electron chi connectivity index (χ3n) is 3.92. The Bertz CT molecular complexity index is 573. The average Bonchev–Trinajstić information content (AvgIpc) is 2.74. The lowest BCUT2D eigenvalue weighted by molar-refractivity contribution is -0.873. The molecule has 0 bridgehead atoms. The first-order valence-electron chi connectivity index (χ1n) is 6.81. The minimum Gasteiger partial charge on any atom is -0.633 e. The number of benzene rings is 1. The highest BCUT2D eigenvalue weighted by Gasteiger charge is 2.33. The topological polar surface area (TPSA) is 75.4 Å². The average molecular weight is 318 g/mol. The molecule has 1 aromatic carbocycles. The summed E-state index contributed by atoms with van der Waals surface area (Å²) in [6, 6.07) is 2.25. The second-order valence-corrected chi connectivity index (χ2v) is 5.58. The van der Waals surface area contributed by atoms with E-state index in [0.717, 1.165) is 18.6 Å². The number of ether oxygens (including phenoxy) is 1. The number of carbonyl (C=O) groups is 1. The van der Waals surface area contributed by atoms with Crippen molar-refractivity contribution in [1.29, 1.82) is 0 Å². The Morgan fingerprint density at radius 3 is 2.68 bits per heavy atom. The Kier molecular flexibility index (Phi) is 4.35. The van der Waals surface area contributed by atoms with E-state index in [4.69, 9.17) is 10.5 Å². The van der Waals surface area contributed by atoms with Crippen LogP contribution in [0.25, 0.3) is 0 Å². The lowest BCUT2D eigenvalue weighted by atomic mass is 10.1. The third kappa shape index (κ3) is 3.50. The molecule has 2 atom stereocenters. The number of hydrogen-bond donors (Lipinski definition) is 1. The summed E-state index contributed by atoms with van der Waals surface area (Å²) in [4.78, 5) is 11.3. The van der Waals surface area contributed by atoms with Crippen molar-refractivity contribution in [1.82, 2.24) is 0 Å². The quantitative estimate of drug-likeness (QED) is 0.683. The van der Waals surface area contributed by atoms with Crippen LogP contribution in [0.5, 0.6) is 5.75 Å². The van der Waals surface area contributed by atoms with Crippen molar-refractivity contribution in [2.24, 2.45) is 5.73 Å². The first-order valence-corrected chi connectivity index (χ1v) is 6.81. The molecule has 1 aliphatic rings. The van der Waals surface area contributed by atoms with E-state index < -0.39 is 22.3 Å². The largest absolute Gasteiger partial charge is 0.633 e. The molecule has 1 heterocycles. The summed E-state index contributed by atoms with van der Waals surface area (Å²) in [5.74, 6) is -1.04. The molecule has 5 nitrogen and oxygen atoms in total. The maximum Gasteiger partial charge on any atom is 0.416 e. The molecule has 2 rings (SSSR count). The van der Waals surface area contributed by atoms with E-state index in [0.29, 0.717) is 19.0 Å². The van der Waals surface area contributed by atoms with Gasteiger partial charge in [-0.1, -0.05) is 0 Å². The molecule has 1 aliphatic heterocycles. The number of amides is 1. The maximum absolute atomic E-state index is 12.7. The fourth-order valence-corrected chi connectivity index (χ4v) is 2.55. The molecule has 1 saturated heterocycles. The van der Waals surface area contributed by atoms with E-state index in [2.05, 4.69) is 0 Å². The number of nitrogens with zero attached hydrogens (tertiary/aromatic N) is 1. The van der Waals surface area contributed by atoms with Gasteiger partial charge < -0.3 is 20.3 Å². The predicted molar refractivity (Wildman–Crippen MR) is 72.9 cm³/mol. The van der Waals surface area contributed by atoms with E-state index in [1.807, 2.05) is 0 Å². The molecule has 0 aromatic heterocycles. The molecule has 8 heteroatoms. The zero-order valence-electron chi connectivity index (χ0n) is 12.0. The molecular weight excluding hydrogens is 301 g/mol. The highest BCUT2D eigenvalue weighted by molar-refractivity contribution is 5.95. The number of quaternary nitrogens is 1. The number of halogens is 3. The SMILES string of the molecule is C[N+]1([O-])CCC[C@@H]1COc1ccc(C(F)(F)F)cc1C(N)=O. The molecule has 1 amide bonds. The number of likely N-dealkylation sites (tertiary alicyclic amines) is 1. The molecule has 2 N–H and O–H groups in total. The number of nitrogens with two attached hydrogens (primary N) is 1. The summed E-state index contributed by atoms with van der Waals surface area (Å²) in [7, 11) is 1.53. The molecule has 0 saturated carbocycles. The molecule has 1 unspecified atom stereocenters. The standard InChI is InChI=1S/C14H17F3N2O3/c1-19(21)6-2-3-10(19)8-22-12-5-4-9(14(15,16)17)7-11(12)13(18)20/h4-5,7,10H,2-3,6,8H2,1H3,(H2,18,20)/t10-,19?/m1/s1. The number of hydrogen-bond acceptors (Lipinski definition) is 3. The van der Waals surface area contributed by atoms with Gasteiger partial charge in [0.05, 0.1) is 24.7 Å². The van der Waals surface area contributed by atoms with Gasteiger partial charge in [0.25, 0.3) is 5.91 Å². The summed E-state index contributed by atoms with van der Waals surface area (Å²) in [5, 5.41) is 12.1. The van der Waals surface area contributed by atoms with Crippen LogP contribution in [0.3, 0.4) is 0 Å². The number of primary amides is 1. The van der Waals surface area contributed by atoms with Crippen LogP contribution in [0.1, 0.15) is 28.8 Å². The van der Waals surface area contributed by atoms with Crippen molar-refractivity contribution < 1.29 is 27.3 Å². The van der Waals surface area contributed by atoms with Crippen LogP contribution >= 0.6 is 0 Å². The van der Waals surface area contributed by atoms with Crippen LogP contribution in [0.4, 0.5) is 13.2 Å². The van der Waals surface area contributed by atoms with E-state index in [-0.39, 0.29) is 24.0 Å². The van der Waals surface area contributed by atoms with Gasteiger partial charge in [0.15, 0.2) is 0 Å². The maximum atomic E-state index is 12.7. The van der Waals surface area contributed by atoms with Gasteiger partial charge in [0, 0.05) is 12.8 Å². The molecule has 0 aliphatic carbocycles. The van der Waals surface area contributed by atoms with Crippen LogP contribution in [-0.2, 0) is 6.18 Å². The molecule has 22 heavy (non-hydrogen) atoms. The highest BCUT2D eigenvalue weighted by atomic mass is 19.4. The highest BCUT2D eigenvalue weighted by Crippen LogP contribution is 2.33. The zero-order valence-corrected chi connectivity index (χ0v) is 12.0. The predicted octanol–water partition coefficient (Wildman–Crippen LogP) is 2.29. The van der Waals surface area contributed by atoms with E-state index in [9.17, 15) is 23.2 Å². The number of hydroxylamine groups is 3. The Labute approximate surface area is 125 Å². The van der Waals surface area contributed by atoms with Gasteiger partial charge in [-0.05, 0) is 18.2 Å². The monoisotopic (exact) mass is 318 g/mol. The Balaban J connectivity index is 2.19. The third-order valence-corrected chi connectivity index (χ3v) is 3.92. The fraction of sp³-hybridized carbons (Fsp3) is 0.500. The lowest BCUT2D eigenvalue weighted by Gasteiger charge is -2.39. The summed E-state index contributed by atoms with van der Waals surface area (Å²) < 4.78 is 42.9. The van der Waals surface area contributed by atoms with Crippen molar-refractivity contribution in [2.45, 2.75) is 25.1 Å². The Hall–Kier alpha value is -1.80. The molecular formula is C14H17F3N2O3. The number of carbonyl (C=O) groups excluding carboxylic acids is 1. The first kappa shape index (κ1) is 16.6. The Morgan fingerprint density at radius 1 is 1.50 bits per heavy atom. The van der Waals surface area contributed by atoms with Gasteiger partial charge >= 0.3 is 6.18 Å². The molecule has 122 valence electrons. The zero-order chi connectivity index (χ0) is 16.5. The van der Waals surface area contributed by atoms with Crippen molar-refractivity contribution in [2.75, 3.05) is 20.2 Å². The fourth-order valence-electron chi connectivity index (χ4n) is 2.55. The number of likely N-dealkylation sites (N-methyl/N-ethyl adjacent to an activating group) is 1. The van der Waals surface area contributed by atoms with Crippen LogP contribution in [0, 0.1) is 5.21 Å². The van der Waals surface area contributed by atoms with Gasteiger partial charge in [-0.15, -0.1) is 0 Å².